The average Bonchev–Trinajstić information content (AvgIpc) is 2.82. The quantitative estimate of drug-likeness (QED) is 0.828. The first-order chi connectivity index (χ1) is 9.82. The van der Waals surface area contributed by atoms with E-state index >= 15 is 0 Å². The fourth-order valence-corrected chi connectivity index (χ4v) is 3.63. The number of nitrogens with zero attached hydrogens (tertiary/aromatic N) is 1. The lowest BCUT2D eigenvalue weighted by molar-refractivity contribution is 0.521. The topological polar surface area (TPSA) is 75.4 Å². The van der Waals surface area contributed by atoms with Crippen LogP contribution in [0.1, 0.15) is 11.1 Å². The van der Waals surface area contributed by atoms with Crippen molar-refractivity contribution < 1.29 is 8.42 Å². The van der Waals surface area contributed by atoms with Gasteiger partial charge in [0.1, 0.15) is 0 Å². The number of nitrogens with two attached hydrogens (primary N) is 1. The number of nitrogen functional groups attached to an aromatic ring is 1. The standard InChI is InChI=1S/C14H19N3O2S2/c1-10-8-20-9-11(10)7-16-14-5-4-12(6-13(14)15)21(18,19)17(2)3/h4-6,8-9,16H,7,15H2,1-3H3. The third-order valence-electron chi connectivity index (χ3n) is 3.23. The summed E-state index contributed by atoms with van der Waals surface area (Å²) in [4.78, 5) is 0.197. The van der Waals surface area contributed by atoms with Gasteiger partial charge >= 0.3 is 0 Å². The van der Waals surface area contributed by atoms with Crippen LogP contribution in [0, 0.1) is 6.92 Å². The van der Waals surface area contributed by atoms with Gasteiger partial charge in [0.15, 0.2) is 0 Å². The van der Waals surface area contributed by atoms with E-state index in [2.05, 4.69) is 23.0 Å². The van der Waals surface area contributed by atoms with Crippen LogP contribution in [0.4, 0.5) is 11.4 Å². The van der Waals surface area contributed by atoms with Gasteiger partial charge in [-0.1, -0.05) is 0 Å². The number of benzene rings is 1. The molecule has 5 nitrogen and oxygen atoms in total. The molecule has 2 rings (SSSR count). The highest BCUT2D eigenvalue weighted by molar-refractivity contribution is 7.89. The number of nitrogens with one attached hydrogen (secondary N) is 1. The maximum Gasteiger partial charge on any atom is 0.242 e. The Morgan fingerprint density at radius 3 is 2.52 bits per heavy atom. The van der Waals surface area contributed by atoms with Crippen molar-refractivity contribution in [2.45, 2.75) is 18.4 Å². The molecule has 0 atom stereocenters. The van der Waals surface area contributed by atoms with Gasteiger partial charge in [0.2, 0.25) is 10.0 Å². The number of hydrogen-bond donors (Lipinski definition) is 2. The summed E-state index contributed by atoms with van der Waals surface area (Å²) in [6.45, 7) is 2.73. The van der Waals surface area contributed by atoms with Crippen LogP contribution in [0.3, 0.4) is 0 Å². The lowest BCUT2D eigenvalue weighted by Crippen LogP contribution is -2.22. The maximum absolute atomic E-state index is 12.0. The Morgan fingerprint density at radius 1 is 1.29 bits per heavy atom. The van der Waals surface area contributed by atoms with E-state index in [1.807, 2.05) is 0 Å². The summed E-state index contributed by atoms with van der Waals surface area (Å²) in [6, 6.07) is 4.75. The number of rotatable bonds is 5. The molecule has 0 amide bonds. The first-order valence-electron chi connectivity index (χ1n) is 6.40. The van der Waals surface area contributed by atoms with E-state index in [1.165, 1.54) is 35.6 Å². The predicted molar refractivity (Wildman–Crippen MR) is 88.1 cm³/mol. The van der Waals surface area contributed by atoms with Crippen LogP contribution in [0.25, 0.3) is 0 Å². The minimum atomic E-state index is -3.45. The zero-order valence-corrected chi connectivity index (χ0v) is 13.9. The van der Waals surface area contributed by atoms with E-state index in [9.17, 15) is 8.42 Å². The van der Waals surface area contributed by atoms with Crippen molar-refractivity contribution in [1.29, 1.82) is 0 Å². The molecule has 0 fully saturated rings. The Balaban J connectivity index is 2.19. The highest BCUT2D eigenvalue weighted by atomic mass is 32.2. The summed E-state index contributed by atoms with van der Waals surface area (Å²) in [6.07, 6.45) is 0. The van der Waals surface area contributed by atoms with Crippen LogP contribution in [0.15, 0.2) is 33.9 Å². The predicted octanol–water partition coefficient (Wildman–Crippen LogP) is 2.50. The lowest BCUT2D eigenvalue weighted by atomic mass is 10.2. The normalized spacial score (nSPS) is 11.8. The number of thiophene rings is 1. The molecule has 0 aliphatic rings. The van der Waals surface area contributed by atoms with Crippen LogP contribution in [0.2, 0.25) is 0 Å². The van der Waals surface area contributed by atoms with Crippen LogP contribution in [0.5, 0.6) is 0 Å². The zero-order chi connectivity index (χ0) is 15.6. The number of aryl methyl sites for hydroxylation is 1. The number of hydrogen-bond acceptors (Lipinski definition) is 5. The third kappa shape index (κ3) is 3.37. The molecule has 0 spiro atoms. The molecular weight excluding hydrogens is 306 g/mol. The molecule has 0 bridgehead atoms. The first kappa shape index (κ1) is 15.8. The maximum atomic E-state index is 12.0. The summed E-state index contributed by atoms with van der Waals surface area (Å²) in [5, 5.41) is 7.41. The fraction of sp³-hybridized carbons (Fsp3) is 0.286. The molecule has 0 unspecified atom stereocenters. The summed E-state index contributed by atoms with van der Waals surface area (Å²) in [7, 11) is -0.460. The summed E-state index contributed by atoms with van der Waals surface area (Å²) < 4.78 is 25.2. The van der Waals surface area contributed by atoms with Crippen LogP contribution in [-0.2, 0) is 16.6 Å². The van der Waals surface area contributed by atoms with E-state index in [1.54, 1.807) is 23.5 Å². The first-order valence-corrected chi connectivity index (χ1v) is 8.78. The van der Waals surface area contributed by atoms with E-state index in [-0.39, 0.29) is 4.90 Å². The molecule has 21 heavy (non-hydrogen) atoms. The van der Waals surface area contributed by atoms with E-state index in [0.717, 1.165) is 5.69 Å². The lowest BCUT2D eigenvalue weighted by Gasteiger charge is -2.14. The minimum Gasteiger partial charge on any atom is -0.397 e. The Hall–Kier alpha value is -1.57. The smallest absolute Gasteiger partial charge is 0.242 e. The van der Waals surface area contributed by atoms with Gasteiger partial charge in [-0.25, -0.2) is 12.7 Å². The average molecular weight is 325 g/mol. The minimum absolute atomic E-state index is 0.197. The summed E-state index contributed by atoms with van der Waals surface area (Å²) >= 11 is 1.66. The van der Waals surface area contributed by atoms with Gasteiger partial charge in [-0.3, -0.25) is 0 Å². The molecule has 3 N–H and O–H groups in total. The molecule has 1 aromatic heterocycles. The SMILES string of the molecule is Cc1cscc1CNc1ccc(S(=O)(=O)N(C)C)cc1N. The van der Waals surface area contributed by atoms with Gasteiger partial charge in [0.25, 0.3) is 0 Å². The van der Waals surface area contributed by atoms with Gasteiger partial charge in [-0.2, -0.15) is 11.3 Å². The second kappa shape index (κ2) is 6.05. The van der Waals surface area contributed by atoms with Crippen molar-refractivity contribution in [1.82, 2.24) is 4.31 Å². The van der Waals surface area contributed by atoms with E-state index in [0.29, 0.717) is 12.2 Å². The van der Waals surface area contributed by atoms with Crippen LogP contribution >= 0.6 is 11.3 Å². The molecule has 0 saturated carbocycles. The Bertz CT molecular complexity index is 736. The highest BCUT2D eigenvalue weighted by Crippen LogP contribution is 2.25. The zero-order valence-electron chi connectivity index (χ0n) is 12.3. The van der Waals surface area contributed by atoms with Gasteiger partial charge in [0.05, 0.1) is 16.3 Å². The number of sulfonamides is 1. The van der Waals surface area contributed by atoms with Crippen LogP contribution in [-0.4, -0.2) is 26.8 Å². The van der Waals surface area contributed by atoms with Crippen molar-refractivity contribution in [3.63, 3.8) is 0 Å². The van der Waals surface area contributed by atoms with Crippen molar-refractivity contribution in [2.75, 3.05) is 25.1 Å². The summed E-state index contributed by atoms with van der Waals surface area (Å²) in [5.41, 5.74) is 9.56. The molecule has 7 heteroatoms. The molecule has 1 heterocycles. The van der Waals surface area contributed by atoms with Crippen molar-refractivity contribution in [3.8, 4) is 0 Å². The highest BCUT2D eigenvalue weighted by Gasteiger charge is 2.18. The van der Waals surface area contributed by atoms with E-state index in [4.69, 9.17) is 5.73 Å². The molecule has 114 valence electrons. The second-order valence-electron chi connectivity index (χ2n) is 4.97. The van der Waals surface area contributed by atoms with Crippen LogP contribution < -0.4 is 11.1 Å². The molecule has 1 aromatic carbocycles. The summed E-state index contributed by atoms with van der Waals surface area (Å²) in [5.74, 6) is 0. The molecule has 0 aliphatic heterocycles. The fourth-order valence-electron chi connectivity index (χ4n) is 1.83. The van der Waals surface area contributed by atoms with Gasteiger partial charge < -0.3 is 11.1 Å². The second-order valence-corrected chi connectivity index (χ2v) is 7.87. The van der Waals surface area contributed by atoms with Gasteiger partial charge in [-0.15, -0.1) is 0 Å². The van der Waals surface area contributed by atoms with E-state index < -0.39 is 10.0 Å². The van der Waals surface area contributed by atoms with Crippen molar-refractivity contribution in [3.05, 3.63) is 40.1 Å². The Labute approximate surface area is 129 Å². The Morgan fingerprint density at radius 2 is 2.00 bits per heavy atom. The monoisotopic (exact) mass is 325 g/mol. The van der Waals surface area contributed by atoms with Gasteiger partial charge in [0, 0.05) is 20.6 Å². The largest absolute Gasteiger partial charge is 0.397 e. The molecule has 0 radical (unpaired) electrons. The van der Waals surface area contributed by atoms with Crippen molar-refractivity contribution >= 4 is 32.7 Å². The molecule has 0 saturated heterocycles. The third-order valence-corrected chi connectivity index (χ3v) is 5.95. The van der Waals surface area contributed by atoms with Gasteiger partial charge in [-0.05, 0) is 47.0 Å². The Kier molecular flexibility index (Phi) is 4.55. The molecular formula is C14H19N3O2S2. The van der Waals surface area contributed by atoms with Crippen molar-refractivity contribution in [2.24, 2.45) is 0 Å². The molecule has 2 aromatic rings. The number of anilines is 2. The molecule has 0 aliphatic carbocycles.